The summed E-state index contributed by atoms with van der Waals surface area (Å²) in [5.41, 5.74) is 3.77. The second-order valence-corrected chi connectivity index (χ2v) is 3.65. The molecule has 0 amide bonds. The van der Waals surface area contributed by atoms with E-state index in [2.05, 4.69) is 68.5 Å². The lowest BCUT2D eigenvalue weighted by molar-refractivity contribution is 1.66. The summed E-state index contributed by atoms with van der Waals surface area (Å²) in [5.74, 6) is 0. The highest BCUT2D eigenvalue weighted by atomic mass is 13.9. The van der Waals surface area contributed by atoms with Crippen LogP contribution in [-0.2, 0) is 0 Å². The summed E-state index contributed by atoms with van der Waals surface area (Å²) in [4.78, 5) is 0. The molecular formula is C14H13B. The summed E-state index contributed by atoms with van der Waals surface area (Å²) in [6.07, 6.45) is 4.26. The van der Waals surface area contributed by atoms with Crippen LogP contribution in [0.2, 0.25) is 0 Å². The first-order valence-electron chi connectivity index (χ1n) is 5.14. The van der Waals surface area contributed by atoms with Gasteiger partial charge in [0.05, 0.1) is 0 Å². The van der Waals surface area contributed by atoms with Gasteiger partial charge in [0.1, 0.15) is 7.85 Å². The van der Waals surface area contributed by atoms with Crippen molar-refractivity contribution in [1.82, 2.24) is 0 Å². The predicted octanol–water partition coefficient (Wildman–Crippen LogP) is 2.12. The van der Waals surface area contributed by atoms with Gasteiger partial charge in [0.25, 0.3) is 0 Å². The Morgan fingerprint density at radius 2 is 1.20 bits per heavy atom. The largest absolute Gasteiger partial charge is 0.139 e. The summed E-state index contributed by atoms with van der Waals surface area (Å²) in [6.45, 7) is 0. The van der Waals surface area contributed by atoms with Crippen molar-refractivity contribution < 1.29 is 0 Å². The summed E-state index contributed by atoms with van der Waals surface area (Å²) >= 11 is 0. The molecule has 0 saturated carbocycles. The zero-order valence-corrected chi connectivity index (χ0v) is 8.85. The van der Waals surface area contributed by atoms with Crippen LogP contribution in [0, 0.1) is 0 Å². The highest BCUT2D eigenvalue weighted by molar-refractivity contribution is 6.32. The molecule has 0 spiro atoms. The van der Waals surface area contributed by atoms with E-state index in [-0.39, 0.29) is 0 Å². The standard InChI is InChI=1S/C14H13B/c15-14-10-8-13(9-11-14)7-6-12-4-2-1-3-5-12/h1-11H,15H2/b7-6+. The molecule has 0 fully saturated rings. The molecule has 72 valence electrons. The quantitative estimate of drug-likeness (QED) is 0.505. The Kier molecular flexibility index (Phi) is 3.03. The van der Waals surface area contributed by atoms with E-state index in [0.717, 1.165) is 0 Å². The van der Waals surface area contributed by atoms with E-state index in [9.17, 15) is 0 Å². The third-order valence-electron chi connectivity index (χ3n) is 2.35. The molecule has 0 aromatic heterocycles. The van der Waals surface area contributed by atoms with Gasteiger partial charge in [0, 0.05) is 0 Å². The predicted molar refractivity (Wildman–Crippen MR) is 70.0 cm³/mol. The minimum absolute atomic E-state index is 1.23. The summed E-state index contributed by atoms with van der Waals surface area (Å²) < 4.78 is 0. The summed E-state index contributed by atoms with van der Waals surface area (Å²) in [7, 11) is 2.10. The topological polar surface area (TPSA) is 0 Å². The molecule has 0 aliphatic heterocycles. The Hall–Kier alpha value is -1.76. The first kappa shape index (κ1) is 9.79. The van der Waals surface area contributed by atoms with Gasteiger partial charge in [-0.3, -0.25) is 0 Å². The lowest BCUT2D eigenvalue weighted by Crippen LogP contribution is -1.98. The van der Waals surface area contributed by atoms with Crippen LogP contribution in [0.5, 0.6) is 0 Å². The maximum atomic E-state index is 2.13. The second-order valence-electron chi connectivity index (χ2n) is 3.65. The van der Waals surface area contributed by atoms with Crippen LogP contribution in [0.4, 0.5) is 0 Å². The third-order valence-corrected chi connectivity index (χ3v) is 2.35. The maximum Gasteiger partial charge on any atom is 0.139 e. The first-order valence-corrected chi connectivity index (χ1v) is 5.14. The third kappa shape index (κ3) is 2.85. The summed E-state index contributed by atoms with van der Waals surface area (Å²) in [6, 6.07) is 18.9. The molecular weight excluding hydrogens is 179 g/mol. The SMILES string of the molecule is Bc1ccc(/C=C/c2ccccc2)cc1. The highest BCUT2D eigenvalue weighted by Crippen LogP contribution is 2.06. The van der Waals surface area contributed by atoms with Crippen LogP contribution in [0.15, 0.2) is 54.6 Å². The zero-order chi connectivity index (χ0) is 10.5. The van der Waals surface area contributed by atoms with Crippen LogP contribution in [0.1, 0.15) is 11.1 Å². The minimum Gasteiger partial charge on any atom is -0.0889 e. The van der Waals surface area contributed by atoms with Crippen molar-refractivity contribution in [2.75, 3.05) is 0 Å². The van der Waals surface area contributed by atoms with Crippen molar-refractivity contribution >= 4 is 25.5 Å². The average Bonchev–Trinajstić information content (AvgIpc) is 2.30. The monoisotopic (exact) mass is 192 g/mol. The fraction of sp³-hybridized carbons (Fsp3) is 0. The second kappa shape index (κ2) is 4.65. The normalized spacial score (nSPS) is 10.7. The van der Waals surface area contributed by atoms with Crippen LogP contribution in [0.25, 0.3) is 12.2 Å². The lowest BCUT2D eigenvalue weighted by atomic mass is 9.95. The van der Waals surface area contributed by atoms with Crippen LogP contribution in [-0.4, -0.2) is 7.85 Å². The maximum absolute atomic E-state index is 2.13. The Labute approximate surface area is 91.7 Å². The van der Waals surface area contributed by atoms with Gasteiger partial charge in [-0.15, -0.1) is 0 Å². The summed E-state index contributed by atoms with van der Waals surface area (Å²) in [5, 5.41) is 0. The van der Waals surface area contributed by atoms with Gasteiger partial charge in [0.2, 0.25) is 0 Å². The van der Waals surface area contributed by atoms with Gasteiger partial charge in [-0.1, -0.05) is 72.2 Å². The molecule has 2 rings (SSSR count). The van der Waals surface area contributed by atoms with E-state index in [0.29, 0.717) is 0 Å². The van der Waals surface area contributed by atoms with Crippen LogP contribution in [0.3, 0.4) is 0 Å². The molecule has 0 heterocycles. The van der Waals surface area contributed by atoms with Crippen LogP contribution < -0.4 is 5.46 Å². The fourth-order valence-corrected chi connectivity index (χ4v) is 1.43. The smallest absolute Gasteiger partial charge is 0.0889 e. The molecule has 0 atom stereocenters. The first-order chi connectivity index (χ1) is 7.34. The highest BCUT2D eigenvalue weighted by Gasteiger charge is 1.87. The van der Waals surface area contributed by atoms with Gasteiger partial charge in [0.15, 0.2) is 0 Å². The molecule has 2 aromatic rings. The molecule has 0 bridgehead atoms. The van der Waals surface area contributed by atoms with Crippen LogP contribution >= 0.6 is 0 Å². The molecule has 0 saturated heterocycles. The van der Waals surface area contributed by atoms with Crippen molar-refractivity contribution in [2.45, 2.75) is 0 Å². The number of hydrogen-bond donors (Lipinski definition) is 0. The van der Waals surface area contributed by atoms with Crippen molar-refractivity contribution in [3.05, 3.63) is 65.7 Å². The molecule has 0 N–H and O–H groups in total. The Balaban J connectivity index is 2.15. The fourth-order valence-electron chi connectivity index (χ4n) is 1.43. The van der Waals surface area contributed by atoms with Crippen molar-refractivity contribution in [1.29, 1.82) is 0 Å². The van der Waals surface area contributed by atoms with Gasteiger partial charge in [-0.25, -0.2) is 0 Å². The molecule has 2 aromatic carbocycles. The molecule has 0 aliphatic carbocycles. The number of hydrogen-bond acceptors (Lipinski definition) is 0. The molecule has 15 heavy (non-hydrogen) atoms. The van der Waals surface area contributed by atoms with E-state index in [4.69, 9.17) is 0 Å². The molecule has 0 radical (unpaired) electrons. The van der Waals surface area contributed by atoms with Crippen molar-refractivity contribution in [3.8, 4) is 0 Å². The van der Waals surface area contributed by atoms with Gasteiger partial charge < -0.3 is 0 Å². The van der Waals surface area contributed by atoms with E-state index >= 15 is 0 Å². The Bertz CT molecular complexity index is 441. The lowest BCUT2D eigenvalue weighted by Gasteiger charge is -1.95. The average molecular weight is 192 g/mol. The van der Waals surface area contributed by atoms with Crippen molar-refractivity contribution in [2.24, 2.45) is 0 Å². The van der Waals surface area contributed by atoms with E-state index < -0.39 is 0 Å². The molecule has 0 aliphatic rings. The van der Waals surface area contributed by atoms with Crippen molar-refractivity contribution in [3.63, 3.8) is 0 Å². The van der Waals surface area contributed by atoms with E-state index in [1.54, 1.807) is 0 Å². The minimum atomic E-state index is 1.23. The van der Waals surface area contributed by atoms with E-state index in [1.165, 1.54) is 16.6 Å². The molecule has 1 heteroatoms. The molecule has 0 nitrogen and oxygen atoms in total. The van der Waals surface area contributed by atoms with Gasteiger partial charge in [-0.05, 0) is 11.1 Å². The number of benzene rings is 2. The van der Waals surface area contributed by atoms with Gasteiger partial charge in [-0.2, -0.15) is 0 Å². The Morgan fingerprint density at radius 1 is 0.667 bits per heavy atom. The Morgan fingerprint density at radius 3 is 1.80 bits per heavy atom. The van der Waals surface area contributed by atoms with Gasteiger partial charge >= 0.3 is 0 Å². The zero-order valence-electron chi connectivity index (χ0n) is 8.85. The molecule has 0 unspecified atom stereocenters. The number of rotatable bonds is 2. The van der Waals surface area contributed by atoms with E-state index in [1.807, 2.05) is 6.07 Å².